The molecular formula is C23H21FN4O3. The molecular weight excluding hydrogens is 399 g/mol. The molecule has 4 rings (SSSR count). The van der Waals surface area contributed by atoms with E-state index in [1.165, 1.54) is 22.8 Å². The molecule has 1 aliphatic heterocycles. The Morgan fingerprint density at radius 1 is 1.29 bits per heavy atom. The Hall–Kier alpha value is -3.81. The van der Waals surface area contributed by atoms with Crippen LogP contribution in [-0.4, -0.2) is 21.4 Å². The summed E-state index contributed by atoms with van der Waals surface area (Å²) in [5.41, 5.74) is 1.52. The zero-order valence-corrected chi connectivity index (χ0v) is 16.9. The van der Waals surface area contributed by atoms with Crippen molar-refractivity contribution in [2.24, 2.45) is 0 Å². The average molecular weight is 420 g/mol. The van der Waals surface area contributed by atoms with Gasteiger partial charge >= 0.3 is 0 Å². The molecule has 0 saturated carbocycles. The number of aryl methyl sites for hydroxylation is 1. The maximum absolute atomic E-state index is 13.4. The van der Waals surface area contributed by atoms with E-state index in [4.69, 9.17) is 0 Å². The molecule has 0 aliphatic carbocycles. The standard InChI is InChI=1S/C23H21FN4O3/c1-13-9-10-19(22(30)26-13)28-14(2)27-18-8-4-6-16(20(18)23(28)31)12-25-21(29)15-5-3-7-17(24)11-15/h3-8,11,19H,1,9-10,12H2,2H3,(H,25,29)(H,26,30). The summed E-state index contributed by atoms with van der Waals surface area (Å²) >= 11 is 0. The molecule has 1 aliphatic rings. The van der Waals surface area contributed by atoms with E-state index in [1.807, 2.05) is 0 Å². The largest absolute Gasteiger partial charge is 0.348 e. The Morgan fingerprint density at radius 2 is 2.06 bits per heavy atom. The third kappa shape index (κ3) is 3.96. The highest BCUT2D eigenvalue weighted by atomic mass is 19.1. The van der Waals surface area contributed by atoms with Gasteiger partial charge in [0.1, 0.15) is 17.7 Å². The van der Waals surface area contributed by atoms with E-state index >= 15 is 0 Å². The first-order chi connectivity index (χ1) is 14.8. The molecule has 2 N–H and O–H groups in total. The molecule has 0 radical (unpaired) electrons. The van der Waals surface area contributed by atoms with Crippen LogP contribution in [0.5, 0.6) is 0 Å². The van der Waals surface area contributed by atoms with Crippen molar-refractivity contribution in [1.29, 1.82) is 0 Å². The smallest absolute Gasteiger partial charge is 0.262 e. The number of rotatable bonds is 4. The van der Waals surface area contributed by atoms with Gasteiger partial charge in [0.25, 0.3) is 11.5 Å². The van der Waals surface area contributed by atoms with Crippen LogP contribution in [0.15, 0.2) is 59.5 Å². The van der Waals surface area contributed by atoms with Crippen molar-refractivity contribution in [2.45, 2.75) is 32.4 Å². The number of nitrogens with zero attached hydrogens (tertiary/aromatic N) is 2. The van der Waals surface area contributed by atoms with Crippen LogP contribution in [0.2, 0.25) is 0 Å². The second-order valence-corrected chi connectivity index (χ2v) is 7.49. The number of fused-ring (bicyclic) bond motifs is 1. The van der Waals surface area contributed by atoms with Gasteiger partial charge in [0, 0.05) is 17.8 Å². The van der Waals surface area contributed by atoms with E-state index in [0.717, 1.165) is 6.07 Å². The van der Waals surface area contributed by atoms with E-state index in [9.17, 15) is 18.8 Å². The van der Waals surface area contributed by atoms with Crippen molar-refractivity contribution in [2.75, 3.05) is 0 Å². The zero-order valence-electron chi connectivity index (χ0n) is 16.9. The molecule has 0 spiro atoms. The molecule has 2 amide bonds. The highest BCUT2D eigenvalue weighted by molar-refractivity contribution is 5.94. The summed E-state index contributed by atoms with van der Waals surface area (Å²) in [4.78, 5) is 42.8. The predicted octanol–water partition coefficient (Wildman–Crippen LogP) is 2.74. The van der Waals surface area contributed by atoms with Crippen molar-refractivity contribution in [3.63, 3.8) is 0 Å². The lowest BCUT2D eigenvalue weighted by Crippen LogP contribution is -2.41. The number of piperidine rings is 1. The molecule has 2 heterocycles. The Labute approximate surface area is 177 Å². The van der Waals surface area contributed by atoms with Crippen LogP contribution >= 0.6 is 0 Å². The Bertz CT molecular complexity index is 1280. The zero-order chi connectivity index (χ0) is 22.1. The fourth-order valence-corrected chi connectivity index (χ4v) is 3.85. The number of hydrogen-bond acceptors (Lipinski definition) is 4. The molecule has 1 aromatic heterocycles. The minimum atomic E-state index is -0.676. The molecule has 31 heavy (non-hydrogen) atoms. The highest BCUT2D eigenvalue weighted by Gasteiger charge is 2.28. The number of carbonyl (C=O) groups is 2. The van der Waals surface area contributed by atoms with Gasteiger partial charge in [-0.05, 0) is 49.6 Å². The number of carbonyl (C=O) groups excluding carboxylic acids is 2. The number of amides is 2. The van der Waals surface area contributed by atoms with Crippen LogP contribution in [0.3, 0.4) is 0 Å². The SMILES string of the molecule is C=C1CCC(n2c(C)nc3cccc(CNC(=O)c4cccc(F)c4)c3c2=O)C(=O)N1. The molecule has 1 unspecified atom stereocenters. The summed E-state index contributed by atoms with van der Waals surface area (Å²) in [5, 5.41) is 5.75. The topological polar surface area (TPSA) is 93.1 Å². The van der Waals surface area contributed by atoms with Crippen molar-refractivity contribution < 1.29 is 14.0 Å². The quantitative estimate of drug-likeness (QED) is 0.679. The Morgan fingerprint density at radius 3 is 2.81 bits per heavy atom. The lowest BCUT2D eigenvalue weighted by molar-refractivity contribution is -0.124. The fourth-order valence-electron chi connectivity index (χ4n) is 3.85. The lowest BCUT2D eigenvalue weighted by Gasteiger charge is -2.26. The number of hydrogen-bond donors (Lipinski definition) is 2. The van der Waals surface area contributed by atoms with Crippen LogP contribution < -0.4 is 16.2 Å². The van der Waals surface area contributed by atoms with Gasteiger partial charge in [0.05, 0.1) is 10.9 Å². The minimum absolute atomic E-state index is 0.0559. The Kier molecular flexibility index (Phi) is 5.37. The van der Waals surface area contributed by atoms with Crippen LogP contribution in [0, 0.1) is 12.7 Å². The summed E-state index contributed by atoms with van der Waals surface area (Å²) in [7, 11) is 0. The second-order valence-electron chi connectivity index (χ2n) is 7.49. The molecule has 158 valence electrons. The van der Waals surface area contributed by atoms with E-state index in [0.29, 0.717) is 40.8 Å². The van der Waals surface area contributed by atoms with Crippen LogP contribution in [0.25, 0.3) is 10.9 Å². The Balaban J connectivity index is 1.70. The predicted molar refractivity (Wildman–Crippen MR) is 114 cm³/mol. The molecule has 2 aromatic carbocycles. The fraction of sp³-hybridized carbons (Fsp3) is 0.217. The summed E-state index contributed by atoms with van der Waals surface area (Å²) < 4.78 is 14.8. The van der Waals surface area contributed by atoms with Gasteiger partial charge in [-0.3, -0.25) is 19.0 Å². The van der Waals surface area contributed by atoms with Gasteiger partial charge in [0.2, 0.25) is 5.91 Å². The van der Waals surface area contributed by atoms with Crippen LogP contribution in [0.4, 0.5) is 4.39 Å². The first-order valence-corrected chi connectivity index (χ1v) is 9.88. The van der Waals surface area contributed by atoms with Gasteiger partial charge < -0.3 is 10.6 Å². The van der Waals surface area contributed by atoms with E-state index in [2.05, 4.69) is 22.2 Å². The summed E-state index contributed by atoms with van der Waals surface area (Å²) in [6, 6.07) is 9.88. The molecule has 1 atom stereocenters. The number of benzene rings is 2. The number of allylic oxidation sites excluding steroid dienone is 1. The summed E-state index contributed by atoms with van der Waals surface area (Å²) in [6.45, 7) is 5.52. The third-order valence-electron chi connectivity index (χ3n) is 5.35. The monoisotopic (exact) mass is 420 g/mol. The minimum Gasteiger partial charge on any atom is -0.348 e. The normalized spacial score (nSPS) is 16.3. The third-order valence-corrected chi connectivity index (χ3v) is 5.35. The lowest BCUT2D eigenvalue weighted by atomic mass is 10.0. The van der Waals surface area contributed by atoms with E-state index < -0.39 is 17.8 Å². The number of halogens is 1. The van der Waals surface area contributed by atoms with Crippen molar-refractivity contribution in [1.82, 2.24) is 20.2 Å². The molecule has 8 heteroatoms. The average Bonchev–Trinajstić information content (AvgIpc) is 2.73. The maximum atomic E-state index is 13.4. The van der Waals surface area contributed by atoms with Gasteiger partial charge in [-0.15, -0.1) is 0 Å². The van der Waals surface area contributed by atoms with Gasteiger partial charge in [-0.2, -0.15) is 0 Å². The summed E-state index contributed by atoms with van der Waals surface area (Å²) in [6.07, 6.45) is 1.03. The molecule has 3 aromatic rings. The van der Waals surface area contributed by atoms with Crippen molar-refractivity contribution in [3.8, 4) is 0 Å². The first kappa shape index (κ1) is 20.5. The molecule has 1 saturated heterocycles. The molecule has 1 fully saturated rings. The maximum Gasteiger partial charge on any atom is 0.262 e. The highest BCUT2D eigenvalue weighted by Crippen LogP contribution is 2.23. The number of nitrogens with one attached hydrogen (secondary N) is 2. The molecule has 0 bridgehead atoms. The van der Waals surface area contributed by atoms with Crippen molar-refractivity contribution >= 4 is 22.7 Å². The van der Waals surface area contributed by atoms with Gasteiger partial charge in [-0.1, -0.05) is 24.8 Å². The number of aromatic nitrogens is 2. The van der Waals surface area contributed by atoms with Crippen LogP contribution in [-0.2, 0) is 11.3 Å². The van der Waals surface area contributed by atoms with E-state index in [1.54, 1.807) is 25.1 Å². The van der Waals surface area contributed by atoms with Gasteiger partial charge in [0.15, 0.2) is 0 Å². The summed E-state index contributed by atoms with van der Waals surface area (Å²) in [5.74, 6) is -0.818. The van der Waals surface area contributed by atoms with Gasteiger partial charge in [-0.25, -0.2) is 9.37 Å². The van der Waals surface area contributed by atoms with E-state index in [-0.39, 0.29) is 23.6 Å². The molecule has 7 nitrogen and oxygen atoms in total. The first-order valence-electron chi connectivity index (χ1n) is 9.88. The second kappa shape index (κ2) is 8.14. The van der Waals surface area contributed by atoms with Crippen LogP contribution in [0.1, 0.15) is 40.6 Å². The van der Waals surface area contributed by atoms with Crippen molar-refractivity contribution in [3.05, 3.63) is 87.9 Å².